The first-order chi connectivity index (χ1) is 12.7. The molecule has 2 atom stereocenters. The zero-order chi connectivity index (χ0) is 17.9. The Morgan fingerprint density at radius 2 is 1.69 bits per heavy atom. The van der Waals surface area contributed by atoms with Gasteiger partial charge in [-0.05, 0) is 29.9 Å². The highest BCUT2D eigenvalue weighted by Crippen LogP contribution is 2.41. The smallest absolute Gasteiger partial charge is 0.225 e. The van der Waals surface area contributed by atoms with E-state index in [1.165, 1.54) is 0 Å². The second-order valence-electron chi connectivity index (χ2n) is 7.40. The van der Waals surface area contributed by atoms with Crippen molar-refractivity contribution >= 4 is 11.8 Å². The van der Waals surface area contributed by atoms with Gasteiger partial charge in [0, 0.05) is 19.5 Å². The van der Waals surface area contributed by atoms with Crippen molar-refractivity contribution < 1.29 is 9.59 Å². The molecule has 1 aliphatic heterocycles. The zero-order valence-electron chi connectivity index (χ0n) is 14.8. The summed E-state index contributed by atoms with van der Waals surface area (Å²) in [4.78, 5) is 27.0. The lowest BCUT2D eigenvalue weighted by molar-refractivity contribution is -0.129. The van der Waals surface area contributed by atoms with Crippen LogP contribution in [0.5, 0.6) is 0 Å². The molecule has 134 valence electrons. The van der Waals surface area contributed by atoms with Crippen LogP contribution >= 0.6 is 0 Å². The molecule has 1 saturated heterocycles. The van der Waals surface area contributed by atoms with Crippen molar-refractivity contribution in [1.82, 2.24) is 10.2 Å². The molecule has 1 N–H and O–H groups in total. The van der Waals surface area contributed by atoms with Crippen molar-refractivity contribution in [1.29, 1.82) is 0 Å². The van der Waals surface area contributed by atoms with Crippen molar-refractivity contribution in [3.63, 3.8) is 0 Å². The number of benzene rings is 2. The van der Waals surface area contributed by atoms with Gasteiger partial charge in [0.15, 0.2) is 0 Å². The van der Waals surface area contributed by atoms with Crippen LogP contribution in [-0.4, -0.2) is 23.3 Å². The van der Waals surface area contributed by atoms with Crippen LogP contribution in [-0.2, 0) is 16.1 Å². The van der Waals surface area contributed by atoms with Gasteiger partial charge in [0.25, 0.3) is 0 Å². The standard InChI is InChI=1S/C22H24N2O2/c25-20-13-19(15-24(20)14-16-7-3-1-4-8-16)22(26)23-21(18-11-12-18)17-9-5-2-6-10-17/h1-10,18-19,21H,11-15H2,(H,23,26)/t19-,21+/m0/s1. The molecule has 0 bridgehead atoms. The molecule has 4 nitrogen and oxygen atoms in total. The molecule has 1 heterocycles. The molecule has 2 aromatic rings. The third-order valence-electron chi connectivity index (χ3n) is 5.35. The Morgan fingerprint density at radius 3 is 2.35 bits per heavy atom. The Labute approximate surface area is 154 Å². The number of carbonyl (C=O) groups excluding carboxylic acids is 2. The Balaban J connectivity index is 1.39. The van der Waals surface area contributed by atoms with Crippen molar-refractivity contribution in [2.75, 3.05) is 6.54 Å². The van der Waals surface area contributed by atoms with Gasteiger partial charge >= 0.3 is 0 Å². The van der Waals surface area contributed by atoms with Gasteiger partial charge in [0.1, 0.15) is 0 Å². The van der Waals surface area contributed by atoms with Crippen molar-refractivity contribution in [3.05, 3.63) is 71.8 Å². The van der Waals surface area contributed by atoms with Crippen LogP contribution in [0, 0.1) is 11.8 Å². The lowest BCUT2D eigenvalue weighted by Gasteiger charge is -2.21. The predicted octanol–water partition coefficient (Wildman–Crippen LogP) is 3.30. The fourth-order valence-corrected chi connectivity index (χ4v) is 3.74. The van der Waals surface area contributed by atoms with Gasteiger partial charge in [-0.1, -0.05) is 60.7 Å². The molecular weight excluding hydrogens is 324 g/mol. The van der Waals surface area contributed by atoms with Gasteiger partial charge < -0.3 is 10.2 Å². The van der Waals surface area contributed by atoms with Gasteiger partial charge in [-0.15, -0.1) is 0 Å². The van der Waals surface area contributed by atoms with E-state index in [-0.39, 0.29) is 23.8 Å². The molecular formula is C22H24N2O2. The second-order valence-corrected chi connectivity index (χ2v) is 7.40. The molecule has 0 aromatic heterocycles. The summed E-state index contributed by atoms with van der Waals surface area (Å²) in [7, 11) is 0. The first kappa shape index (κ1) is 16.8. The SMILES string of the molecule is O=C(N[C@H](c1ccccc1)C1CC1)[C@H]1CC(=O)N(Cc2ccccc2)C1. The molecule has 1 aliphatic carbocycles. The summed E-state index contributed by atoms with van der Waals surface area (Å²) < 4.78 is 0. The second kappa shape index (κ2) is 7.32. The van der Waals surface area contributed by atoms with Crippen LogP contribution in [0.2, 0.25) is 0 Å². The van der Waals surface area contributed by atoms with Gasteiger partial charge in [-0.2, -0.15) is 0 Å². The fraction of sp³-hybridized carbons (Fsp3) is 0.364. The molecule has 2 aliphatic rings. The molecule has 4 rings (SSSR count). The van der Waals surface area contributed by atoms with Crippen LogP contribution in [0.3, 0.4) is 0 Å². The lowest BCUT2D eigenvalue weighted by Crippen LogP contribution is -2.36. The summed E-state index contributed by atoms with van der Waals surface area (Å²) in [5.74, 6) is 0.349. The minimum absolute atomic E-state index is 0.00895. The number of hydrogen-bond acceptors (Lipinski definition) is 2. The van der Waals surface area contributed by atoms with Crippen LogP contribution in [0.25, 0.3) is 0 Å². The van der Waals surface area contributed by atoms with E-state index in [1.807, 2.05) is 48.5 Å². The highest BCUT2D eigenvalue weighted by Gasteiger charge is 2.38. The lowest BCUT2D eigenvalue weighted by atomic mass is 10.0. The van der Waals surface area contributed by atoms with E-state index < -0.39 is 0 Å². The van der Waals surface area contributed by atoms with E-state index in [4.69, 9.17) is 0 Å². The van der Waals surface area contributed by atoms with Gasteiger partial charge in [-0.25, -0.2) is 0 Å². The van der Waals surface area contributed by atoms with Crippen LogP contribution in [0.4, 0.5) is 0 Å². The number of nitrogens with zero attached hydrogens (tertiary/aromatic N) is 1. The fourth-order valence-electron chi connectivity index (χ4n) is 3.74. The maximum atomic E-state index is 12.8. The molecule has 2 amide bonds. The van der Waals surface area contributed by atoms with Gasteiger partial charge in [0.2, 0.25) is 11.8 Å². The number of rotatable bonds is 6. The van der Waals surface area contributed by atoms with Crippen LogP contribution in [0.1, 0.15) is 36.4 Å². The number of hydrogen-bond donors (Lipinski definition) is 1. The summed E-state index contributed by atoms with van der Waals surface area (Å²) in [6, 6.07) is 20.2. The van der Waals surface area contributed by atoms with Crippen molar-refractivity contribution in [2.45, 2.75) is 31.8 Å². The van der Waals surface area contributed by atoms with E-state index in [9.17, 15) is 9.59 Å². The number of carbonyl (C=O) groups is 2. The van der Waals surface area contributed by atoms with E-state index in [1.54, 1.807) is 4.90 Å². The monoisotopic (exact) mass is 348 g/mol. The number of likely N-dealkylation sites (tertiary alicyclic amines) is 1. The summed E-state index contributed by atoms with van der Waals surface area (Å²) in [6.07, 6.45) is 2.62. The normalized spacial score (nSPS) is 20.8. The van der Waals surface area contributed by atoms with Crippen LogP contribution in [0.15, 0.2) is 60.7 Å². The van der Waals surface area contributed by atoms with Gasteiger partial charge in [-0.3, -0.25) is 9.59 Å². The zero-order valence-corrected chi connectivity index (χ0v) is 14.8. The third-order valence-corrected chi connectivity index (χ3v) is 5.35. The summed E-state index contributed by atoms with van der Waals surface area (Å²) in [5, 5.41) is 3.22. The summed E-state index contributed by atoms with van der Waals surface area (Å²) in [5.41, 5.74) is 2.26. The Hall–Kier alpha value is -2.62. The molecule has 0 spiro atoms. The van der Waals surface area contributed by atoms with Gasteiger partial charge in [0.05, 0.1) is 12.0 Å². The molecule has 4 heteroatoms. The number of nitrogens with one attached hydrogen (secondary N) is 1. The highest BCUT2D eigenvalue weighted by atomic mass is 16.2. The number of amides is 2. The first-order valence-electron chi connectivity index (χ1n) is 9.38. The predicted molar refractivity (Wildman–Crippen MR) is 100 cm³/mol. The molecule has 0 radical (unpaired) electrons. The van der Waals surface area contributed by atoms with E-state index in [0.717, 1.165) is 24.0 Å². The summed E-state index contributed by atoms with van der Waals surface area (Å²) >= 11 is 0. The first-order valence-corrected chi connectivity index (χ1v) is 9.38. The highest BCUT2D eigenvalue weighted by molar-refractivity contribution is 5.89. The Kier molecular flexibility index (Phi) is 4.74. The third kappa shape index (κ3) is 3.79. The minimum atomic E-state index is -0.254. The largest absolute Gasteiger partial charge is 0.349 e. The van der Waals surface area contributed by atoms with Crippen molar-refractivity contribution in [3.8, 4) is 0 Å². The average Bonchev–Trinajstić information content (AvgIpc) is 3.45. The van der Waals surface area contributed by atoms with E-state index in [2.05, 4.69) is 17.4 Å². The Morgan fingerprint density at radius 1 is 1.04 bits per heavy atom. The van der Waals surface area contributed by atoms with Crippen LogP contribution < -0.4 is 5.32 Å². The maximum Gasteiger partial charge on any atom is 0.225 e. The molecule has 26 heavy (non-hydrogen) atoms. The van der Waals surface area contributed by atoms with Crippen molar-refractivity contribution in [2.24, 2.45) is 11.8 Å². The van der Waals surface area contributed by atoms with E-state index >= 15 is 0 Å². The average molecular weight is 348 g/mol. The maximum absolute atomic E-state index is 12.8. The summed E-state index contributed by atoms with van der Waals surface area (Å²) in [6.45, 7) is 1.08. The molecule has 0 unspecified atom stereocenters. The topological polar surface area (TPSA) is 49.4 Å². The molecule has 2 aromatic carbocycles. The molecule has 2 fully saturated rings. The Bertz CT molecular complexity index is 771. The quantitative estimate of drug-likeness (QED) is 0.871. The van der Waals surface area contributed by atoms with E-state index in [0.29, 0.717) is 25.4 Å². The molecule has 1 saturated carbocycles. The minimum Gasteiger partial charge on any atom is -0.349 e.